The zero-order valence-electron chi connectivity index (χ0n) is 14.1. The van der Waals surface area contributed by atoms with E-state index in [1.807, 2.05) is 18.3 Å². The van der Waals surface area contributed by atoms with Crippen LogP contribution in [-0.2, 0) is 16.4 Å². The topological polar surface area (TPSA) is 52.0 Å². The molecule has 2 fully saturated rings. The summed E-state index contributed by atoms with van der Waals surface area (Å²) in [5.41, 5.74) is 0.980. The fourth-order valence-electron chi connectivity index (χ4n) is 4.73. The van der Waals surface area contributed by atoms with Gasteiger partial charge >= 0.3 is 0 Å². The van der Waals surface area contributed by atoms with E-state index >= 15 is 0 Å². The first-order valence-electron chi connectivity index (χ1n) is 8.84. The smallest absolute Gasteiger partial charge is 0.175 e. The molecule has 1 heterocycles. The Bertz CT molecular complexity index is 823. The fraction of sp³-hybridized carbons (Fsp3) is 0.526. The number of benzene rings is 1. The zero-order valence-corrected chi connectivity index (χ0v) is 14.9. The van der Waals surface area contributed by atoms with E-state index in [9.17, 15) is 8.42 Å². The number of imidazole rings is 1. The van der Waals surface area contributed by atoms with E-state index in [1.165, 1.54) is 38.4 Å². The van der Waals surface area contributed by atoms with Crippen LogP contribution < -0.4 is 0 Å². The monoisotopic (exact) mass is 344 g/mol. The first kappa shape index (κ1) is 15.9. The van der Waals surface area contributed by atoms with Crippen LogP contribution in [0.1, 0.15) is 32.1 Å². The second-order valence-electron chi connectivity index (χ2n) is 7.39. The van der Waals surface area contributed by atoms with Gasteiger partial charge in [0.15, 0.2) is 9.84 Å². The lowest BCUT2D eigenvalue weighted by Gasteiger charge is -2.20. The van der Waals surface area contributed by atoms with Crippen LogP contribution in [-0.4, -0.2) is 24.2 Å². The molecule has 0 bridgehead atoms. The van der Waals surface area contributed by atoms with Gasteiger partial charge in [-0.05, 0) is 61.3 Å². The van der Waals surface area contributed by atoms with Crippen molar-refractivity contribution < 1.29 is 8.42 Å². The van der Waals surface area contributed by atoms with E-state index in [2.05, 4.69) is 15.7 Å². The van der Waals surface area contributed by atoms with Crippen molar-refractivity contribution in [3.05, 3.63) is 36.7 Å². The van der Waals surface area contributed by atoms with E-state index in [4.69, 9.17) is 0 Å². The Hall–Kier alpha value is -1.62. The molecule has 2 saturated carbocycles. The Morgan fingerprint density at radius 3 is 2.67 bits per heavy atom. The first-order valence-corrected chi connectivity index (χ1v) is 10.7. The molecule has 0 spiro atoms. The number of aromatic nitrogens is 2. The standard InChI is InChI=1S/C19H24N2O2S/c1-24(22,23)17-9-7-15(8-10-17)19-20-11-12-21(19)13-16-6-5-14-3-2-4-18(14)16/h7-12,14,16,18H,2-6,13H2,1H3/t14-,16+,18-/m1/s1. The van der Waals surface area contributed by atoms with Crippen LogP contribution >= 0.6 is 0 Å². The maximum atomic E-state index is 11.6. The summed E-state index contributed by atoms with van der Waals surface area (Å²) in [6.07, 6.45) is 12.1. The molecule has 4 rings (SSSR count). The molecule has 5 heteroatoms. The van der Waals surface area contributed by atoms with Gasteiger partial charge in [0.1, 0.15) is 5.82 Å². The van der Waals surface area contributed by atoms with E-state index in [0.29, 0.717) is 4.90 Å². The highest BCUT2D eigenvalue weighted by Crippen LogP contribution is 2.48. The molecule has 1 aromatic heterocycles. The molecule has 2 aliphatic carbocycles. The zero-order chi connectivity index (χ0) is 16.7. The molecule has 0 radical (unpaired) electrons. The number of fused-ring (bicyclic) bond motifs is 1. The Balaban J connectivity index is 1.56. The average Bonchev–Trinajstić information content (AvgIpc) is 3.25. The lowest BCUT2D eigenvalue weighted by atomic mass is 9.92. The van der Waals surface area contributed by atoms with E-state index < -0.39 is 9.84 Å². The van der Waals surface area contributed by atoms with Gasteiger partial charge in [-0.3, -0.25) is 0 Å². The summed E-state index contributed by atoms with van der Waals surface area (Å²) >= 11 is 0. The van der Waals surface area contributed by atoms with Gasteiger partial charge < -0.3 is 4.57 Å². The van der Waals surface area contributed by atoms with Crippen LogP contribution in [0.3, 0.4) is 0 Å². The molecule has 3 atom stereocenters. The van der Waals surface area contributed by atoms with E-state index in [1.54, 1.807) is 12.1 Å². The maximum absolute atomic E-state index is 11.6. The van der Waals surface area contributed by atoms with Gasteiger partial charge in [0.2, 0.25) is 0 Å². The summed E-state index contributed by atoms with van der Waals surface area (Å²) in [5, 5.41) is 0. The molecular formula is C19H24N2O2S. The lowest BCUT2D eigenvalue weighted by molar-refractivity contribution is 0.317. The van der Waals surface area contributed by atoms with Crippen molar-refractivity contribution in [3.8, 4) is 11.4 Å². The summed E-state index contributed by atoms with van der Waals surface area (Å²) < 4.78 is 25.5. The van der Waals surface area contributed by atoms with Gasteiger partial charge in [-0.2, -0.15) is 0 Å². The molecule has 128 valence electrons. The molecule has 0 saturated heterocycles. The fourth-order valence-corrected chi connectivity index (χ4v) is 5.36. The largest absolute Gasteiger partial charge is 0.331 e. The molecule has 1 aromatic carbocycles. The summed E-state index contributed by atoms with van der Waals surface area (Å²) in [5.74, 6) is 3.56. The van der Waals surface area contributed by atoms with Gasteiger partial charge in [0.25, 0.3) is 0 Å². The molecule has 0 N–H and O–H groups in total. The van der Waals surface area contributed by atoms with Crippen molar-refractivity contribution in [1.29, 1.82) is 0 Å². The molecular weight excluding hydrogens is 320 g/mol. The van der Waals surface area contributed by atoms with Crippen molar-refractivity contribution in [1.82, 2.24) is 9.55 Å². The quantitative estimate of drug-likeness (QED) is 0.848. The van der Waals surface area contributed by atoms with Crippen LogP contribution in [0.5, 0.6) is 0 Å². The van der Waals surface area contributed by atoms with Crippen molar-refractivity contribution in [2.75, 3.05) is 6.26 Å². The van der Waals surface area contributed by atoms with Gasteiger partial charge in [0.05, 0.1) is 4.90 Å². The minimum Gasteiger partial charge on any atom is -0.331 e. The van der Waals surface area contributed by atoms with Crippen LogP contribution in [0.2, 0.25) is 0 Å². The van der Waals surface area contributed by atoms with Crippen LogP contribution in [0, 0.1) is 17.8 Å². The third-order valence-electron chi connectivity index (χ3n) is 5.92. The Morgan fingerprint density at radius 1 is 1.12 bits per heavy atom. The second kappa shape index (κ2) is 6.03. The summed E-state index contributed by atoms with van der Waals surface area (Å²) in [6, 6.07) is 7.07. The number of rotatable bonds is 4. The molecule has 4 nitrogen and oxygen atoms in total. The lowest BCUT2D eigenvalue weighted by Crippen LogP contribution is -2.16. The molecule has 0 amide bonds. The number of nitrogens with zero attached hydrogens (tertiary/aromatic N) is 2. The normalized spacial score (nSPS) is 26.6. The van der Waals surface area contributed by atoms with E-state index in [0.717, 1.165) is 35.7 Å². The SMILES string of the molecule is CS(=O)(=O)c1ccc(-c2nccn2C[C@@H]2CC[C@H]3CCC[C@H]32)cc1. The third-order valence-corrected chi connectivity index (χ3v) is 7.05. The predicted molar refractivity (Wildman–Crippen MR) is 94.3 cm³/mol. The van der Waals surface area contributed by atoms with Crippen molar-refractivity contribution in [2.45, 2.75) is 43.5 Å². The molecule has 0 unspecified atom stereocenters. The average molecular weight is 344 g/mol. The molecule has 2 aromatic rings. The number of hydrogen-bond donors (Lipinski definition) is 0. The van der Waals surface area contributed by atoms with Crippen molar-refractivity contribution in [3.63, 3.8) is 0 Å². The highest BCUT2D eigenvalue weighted by atomic mass is 32.2. The Kier molecular flexibility index (Phi) is 3.99. The minimum atomic E-state index is -3.15. The minimum absolute atomic E-state index is 0.356. The number of sulfone groups is 1. The highest BCUT2D eigenvalue weighted by Gasteiger charge is 2.39. The second-order valence-corrected chi connectivity index (χ2v) is 9.41. The third kappa shape index (κ3) is 2.90. The van der Waals surface area contributed by atoms with Crippen LogP contribution in [0.15, 0.2) is 41.6 Å². The molecule has 0 aliphatic heterocycles. The van der Waals surface area contributed by atoms with Gasteiger partial charge in [0, 0.05) is 30.8 Å². The molecule has 24 heavy (non-hydrogen) atoms. The summed E-state index contributed by atoms with van der Waals surface area (Å²) in [4.78, 5) is 4.87. The van der Waals surface area contributed by atoms with Gasteiger partial charge in [-0.25, -0.2) is 13.4 Å². The first-order chi connectivity index (χ1) is 11.5. The molecule has 2 aliphatic rings. The summed E-state index contributed by atoms with van der Waals surface area (Å²) in [6.45, 7) is 1.03. The Morgan fingerprint density at radius 2 is 1.92 bits per heavy atom. The summed E-state index contributed by atoms with van der Waals surface area (Å²) in [7, 11) is -3.15. The maximum Gasteiger partial charge on any atom is 0.175 e. The highest BCUT2D eigenvalue weighted by molar-refractivity contribution is 7.90. The van der Waals surface area contributed by atoms with Crippen LogP contribution in [0.25, 0.3) is 11.4 Å². The van der Waals surface area contributed by atoms with Crippen LogP contribution in [0.4, 0.5) is 0 Å². The predicted octanol–water partition coefficient (Wildman–Crippen LogP) is 3.78. The van der Waals surface area contributed by atoms with Crippen molar-refractivity contribution in [2.24, 2.45) is 17.8 Å². The van der Waals surface area contributed by atoms with Gasteiger partial charge in [-0.15, -0.1) is 0 Å². The Labute approximate surface area is 143 Å². The van der Waals surface area contributed by atoms with Crippen molar-refractivity contribution >= 4 is 9.84 Å². The number of hydrogen-bond acceptors (Lipinski definition) is 3. The van der Waals surface area contributed by atoms with Gasteiger partial charge in [-0.1, -0.05) is 12.8 Å². The van der Waals surface area contributed by atoms with E-state index in [-0.39, 0.29) is 0 Å².